The van der Waals surface area contributed by atoms with Gasteiger partial charge in [-0.25, -0.2) is 0 Å². The average Bonchev–Trinajstić information content (AvgIpc) is 3.18. The molecule has 2 aromatic carbocycles. The highest BCUT2D eigenvalue weighted by Gasteiger charge is 2.38. The maximum Gasteiger partial charge on any atom is 0.191 e. The highest BCUT2D eigenvalue weighted by atomic mass is 32.2. The molecule has 6 heteroatoms. The van der Waals surface area contributed by atoms with Crippen molar-refractivity contribution in [3.63, 3.8) is 0 Å². The molecule has 0 spiro atoms. The van der Waals surface area contributed by atoms with Crippen LogP contribution >= 0.6 is 11.8 Å². The van der Waals surface area contributed by atoms with E-state index in [2.05, 4.69) is 63.8 Å². The number of benzene rings is 2. The summed E-state index contributed by atoms with van der Waals surface area (Å²) in [7, 11) is 2.03. The average molecular weight is 419 g/mol. The molecule has 0 atom stereocenters. The number of hydrogen-bond acceptors (Lipinski definition) is 5. The second kappa shape index (κ2) is 8.11. The van der Waals surface area contributed by atoms with E-state index < -0.39 is 0 Å². The van der Waals surface area contributed by atoms with Crippen LogP contribution in [0.2, 0.25) is 0 Å². The van der Waals surface area contributed by atoms with Crippen LogP contribution in [0.1, 0.15) is 30.8 Å². The molecular weight excluding hydrogens is 392 g/mol. The number of likely N-dealkylation sites (N-methyl/N-ethyl adjacent to an activating group) is 1. The molecule has 0 saturated carbocycles. The summed E-state index contributed by atoms with van der Waals surface area (Å²) in [6.45, 7) is 6.97. The van der Waals surface area contributed by atoms with Crippen molar-refractivity contribution in [2.24, 2.45) is 0 Å². The topological polar surface area (TPSA) is 51.0 Å². The molecule has 1 aliphatic heterocycles. The van der Waals surface area contributed by atoms with Gasteiger partial charge in [-0.2, -0.15) is 0 Å². The molecule has 5 nitrogen and oxygen atoms in total. The zero-order chi connectivity index (χ0) is 21.3. The number of carbonyl (C=O) groups excluding carboxylic acids is 1. The number of rotatable bonds is 6. The van der Waals surface area contributed by atoms with Gasteiger partial charge in [0.15, 0.2) is 10.9 Å². The third kappa shape index (κ3) is 3.79. The Morgan fingerprint density at radius 3 is 2.50 bits per heavy atom. The molecule has 0 N–H and O–H groups in total. The third-order valence-corrected chi connectivity index (χ3v) is 6.66. The van der Waals surface area contributed by atoms with Crippen molar-refractivity contribution in [3.05, 3.63) is 83.3 Å². The number of aromatic nitrogens is 3. The lowest BCUT2D eigenvalue weighted by molar-refractivity contribution is -0.112. The van der Waals surface area contributed by atoms with Gasteiger partial charge in [-0.3, -0.25) is 4.79 Å². The van der Waals surface area contributed by atoms with Crippen LogP contribution in [0, 0.1) is 6.92 Å². The molecule has 0 radical (unpaired) electrons. The Kier molecular flexibility index (Phi) is 5.52. The molecule has 30 heavy (non-hydrogen) atoms. The van der Waals surface area contributed by atoms with E-state index in [4.69, 9.17) is 0 Å². The Bertz CT molecular complexity index is 1100. The Balaban J connectivity index is 1.49. The van der Waals surface area contributed by atoms with E-state index in [9.17, 15) is 4.79 Å². The largest absolute Gasteiger partial charge is 0.347 e. The normalized spacial score (nSPS) is 16.1. The molecule has 4 rings (SSSR count). The van der Waals surface area contributed by atoms with Crippen molar-refractivity contribution in [1.29, 1.82) is 0 Å². The van der Waals surface area contributed by atoms with Crippen molar-refractivity contribution >= 4 is 23.2 Å². The lowest BCUT2D eigenvalue weighted by atomic mass is 9.83. The van der Waals surface area contributed by atoms with Gasteiger partial charge in [0.2, 0.25) is 0 Å². The van der Waals surface area contributed by atoms with Crippen LogP contribution < -0.4 is 4.90 Å². The van der Waals surface area contributed by atoms with Gasteiger partial charge in [0.25, 0.3) is 0 Å². The quantitative estimate of drug-likeness (QED) is 0.432. The van der Waals surface area contributed by atoms with Crippen LogP contribution in [0.3, 0.4) is 0 Å². The number of ketones is 1. The molecule has 2 heterocycles. The zero-order valence-corrected chi connectivity index (χ0v) is 18.6. The first-order chi connectivity index (χ1) is 14.4. The van der Waals surface area contributed by atoms with Crippen molar-refractivity contribution < 1.29 is 4.79 Å². The second-order valence-electron chi connectivity index (χ2n) is 8.09. The van der Waals surface area contributed by atoms with Crippen LogP contribution in [0.15, 0.2) is 71.5 Å². The fraction of sp³-hybridized carbons (Fsp3) is 0.292. The number of hydrogen-bond donors (Lipinski definition) is 0. The molecule has 154 valence electrons. The summed E-state index contributed by atoms with van der Waals surface area (Å²) in [6.07, 6.45) is 1.79. The van der Waals surface area contributed by atoms with Gasteiger partial charge in [0.1, 0.15) is 5.82 Å². The van der Waals surface area contributed by atoms with Gasteiger partial charge in [-0.1, -0.05) is 74.1 Å². The fourth-order valence-corrected chi connectivity index (χ4v) is 4.81. The SMILES string of the molecule is Cc1nnc(SCC(=O)/C=C2\N(C)c3ccccc3C2(C)C)n1Cc1ccccc1. The minimum Gasteiger partial charge on any atom is -0.347 e. The number of anilines is 1. The number of thioether (sulfide) groups is 1. The standard InChI is InChI=1S/C24H26N4OS/c1-17-25-26-23(28(17)15-18-10-6-5-7-11-18)30-16-19(29)14-22-24(2,3)20-12-8-9-13-21(20)27(22)4/h5-14H,15-16H2,1-4H3/b22-14-. The highest BCUT2D eigenvalue weighted by Crippen LogP contribution is 2.46. The minimum atomic E-state index is -0.199. The smallest absolute Gasteiger partial charge is 0.191 e. The van der Waals surface area contributed by atoms with Crippen LogP contribution in [0.4, 0.5) is 5.69 Å². The van der Waals surface area contributed by atoms with Crippen LogP contribution in [-0.4, -0.2) is 33.3 Å². The lowest BCUT2D eigenvalue weighted by Crippen LogP contribution is -2.24. The summed E-state index contributed by atoms with van der Waals surface area (Å²) in [5.41, 5.74) is 4.42. The second-order valence-corrected chi connectivity index (χ2v) is 9.03. The number of nitrogens with zero attached hydrogens (tertiary/aromatic N) is 4. The molecule has 3 aromatic rings. The lowest BCUT2D eigenvalue weighted by Gasteiger charge is -2.23. The molecular formula is C24H26N4OS. The van der Waals surface area contributed by atoms with E-state index in [0.717, 1.165) is 22.4 Å². The van der Waals surface area contributed by atoms with Gasteiger partial charge in [-0.05, 0) is 24.1 Å². The number of carbonyl (C=O) groups is 1. The van der Waals surface area contributed by atoms with Gasteiger partial charge in [0.05, 0.1) is 12.3 Å². The Hall–Kier alpha value is -2.86. The number of allylic oxidation sites excluding steroid dienone is 2. The first-order valence-corrected chi connectivity index (χ1v) is 11.0. The molecule has 0 aliphatic carbocycles. The van der Waals surface area contributed by atoms with Gasteiger partial charge >= 0.3 is 0 Å². The maximum absolute atomic E-state index is 12.9. The summed E-state index contributed by atoms with van der Waals surface area (Å²) < 4.78 is 2.06. The van der Waals surface area contributed by atoms with Crippen molar-refractivity contribution in [3.8, 4) is 0 Å². The van der Waals surface area contributed by atoms with Crippen LogP contribution in [0.5, 0.6) is 0 Å². The monoisotopic (exact) mass is 418 g/mol. The van der Waals surface area contributed by atoms with Gasteiger partial charge in [-0.15, -0.1) is 10.2 Å². The Labute approximate surface area is 181 Å². The Morgan fingerprint density at radius 1 is 1.07 bits per heavy atom. The summed E-state index contributed by atoms with van der Waals surface area (Å²) in [5, 5.41) is 9.27. The van der Waals surface area contributed by atoms with E-state index in [0.29, 0.717) is 12.3 Å². The van der Waals surface area contributed by atoms with E-state index in [1.165, 1.54) is 22.9 Å². The number of fused-ring (bicyclic) bond motifs is 1. The summed E-state index contributed by atoms with van der Waals surface area (Å²) in [6, 6.07) is 18.5. The van der Waals surface area contributed by atoms with E-state index >= 15 is 0 Å². The van der Waals surface area contributed by atoms with E-state index in [1.807, 2.05) is 38.2 Å². The summed E-state index contributed by atoms with van der Waals surface area (Å²) in [5.74, 6) is 1.25. The third-order valence-electron chi connectivity index (χ3n) is 5.67. The number of aryl methyl sites for hydroxylation is 1. The molecule has 0 bridgehead atoms. The molecule has 1 aliphatic rings. The van der Waals surface area contributed by atoms with E-state index in [-0.39, 0.29) is 11.2 Å². The molecule has 1 aromatic heterocycles. The highest BCUT2D eigenvalue weighted by molar-refractivity contribution is 7.99. The maximum atomic E-state index is 12.9. The van der Waals surface area contributed by atoms with Crippen molar-refractivity contribution in [2.45, 2.75) is 37.9 Å². The zero-order valence-electron chi connectivity index (χ0n) is 17.8. The minimum absolute atomic E-state index is 0.0784. The molecule has 0 saturated heterocycles. The van der Waals surface area contributed by atoms with Crippen LogP contribution in [-0.2, 0) is 16.8 Å². The predicted octanol–water partition coefficient (Wildman–Crippen LogP) is 4.61. The predicted molar refractivity (Wildman–Crippen MR) is 122 cm³/mol. The number of para-hydroxylation sites is 1. The van der Waals surface area contributed by atoms with Gasteiger partial charge < -0.3 is 9.47 Å². The first-order valence-electron chi connectivity index (χ1n) is 10.0. The molecule has 0 unspecified atom stereocenters. The van der Waals surface area contributed by atoms with Crippen LogP contribution in [0.25, 0.3) is 0 Å². The fourth-order valence-electron chi connectivity index (χ4n) is 4.01. The Morgan fingerprint density at radius 2 is 1.77 bits per heavy atom. The van der Waals surface area contributed by atoms with Gasteiger partial charge in [0, 0.05) is 29.9 Å². The molecule has 0 amide bonds. The summed E-state index contributed by atoms with van der Waals surface area (Å²) in [4.78, 5) is 15.0. The molecule has 0 fully saturated rings. The van der Waals surface area contributed by atoms with E-state index in [1.54, 1.807) is 6.08 Å². The summed E-state index contributed by atoms with van der Waals surface area (Å²) >= 11 is 1.44. The first kappa shape index (κ1) is 20.4. The van der Waals surface area contributed by atoms with Crippen molar-refractivity contribution in [1.82, 2.24) is 14.8 Å². The van der Waals surface area contributed by atoms with Crippen molar-refractivity contribution in [2.75, 3.05) is 17.7 Å².